The van der Waals surface area contributed by atoms with Gasteiger partial charge in [-0.05, 0) is 25.0 Å². The first-order valence-electron chi connectivity index (χ1n) is 9.25. The third kappa shape index (κ3) is 4.96. The molecule has 3 rings (SSSR count). The standard InChI is InChI=1S/C19H26N4O4S/c1-23-17(21-22-19(23)28-12-14-5-4-10-27-14)8-9-20-18(24)15-7-6-13(25-2)11-16(15)26-3/h6-7,11,14H,4-5,8-10,12H2,1-3H3,(H,20,24)/t14-/m1/s1. The van der Waals surface area contributed by atoms with Crippen molar-refractivity contribution in [2.75, 3.05) is 33.1 Å². The molecular weight excluding hydrogens is 380 g/mol. The molecule has 1 amide bonds. The second-order valence-corrected chi connectivity index (χ2v) is 7.46. The van der Waals surface area contributed by atoms with Gasteiger partial charge in [-0.3, -0.25) is 4.79 Å². The summed E-state index contributed by atoms with van der Waals surface area (Å²) in [6.45, 7) is 1.31. The molecule has 0 saturated carbocycles. The van der Waals surface area contributed by atoms with Crippen molar-refractivity contribution in [3.05, 3.63) is 29.6 Å². The van der Waals surface area contributed by atoms with Gasteiger partial charge in [0.1, 0.15) is 17.3 Å². The number of benzene rings is 1. The lowest BCUT2D eigenvalue weighted by atomic mass is 10.1. The van der Waals surface area contributed by atoms with Gasteiger partial charge in [0.05, 0.1) is 25.9 Å². The van der Waals surface area contributed by atoms with Crippen molar-refractivity contribution >= 4 is 17.7 Å². The number of carbonyl (C=O) groups is 1. The van der Waals surface area contributed by atoms with Crippen LogP contribution in [0.15, 0.2) is 23.4 Å². The highest BCUT2D eigenvalue weighted by molar-refractivity contribution is 7.99. The second kappa shape index (κ2) is 9.79. The van der Waals surface area contributed by atoms with Gasteiger partial charge < -0.3 is 24.1 Å². The van der Waals surface area contributed by atoms with Crippen LogP contribution >= 0.6 is 11.8 Å². The largest absolute Gasteiger partial charge is 0.497 e. The molecule has 1 aliphatic heterocycles. The Hall–Kier alpha value is -2.26. The number of aromatic nitrogens is 3. The van der Waals surface area contributed by atoms with Crippen molar-refractivity contribution in [1.29, 1.82) is 0 Å². The van der Waals surface area contributed by atoms with E-state index in [-0.39, 0.29) is 5.91 Å². The number of nitrogens with zero attached hydrogens (tertiary/aromatic N) is 3. The Morgan fingerprint density at radius 1 is 1.36 bits per heavy atom. The van der Waals surface area contributed by atoms with Crippen LogP contribution in [0.1, 0.15) is 29.0 Å². The molecule has 1 aliphatic rings. The quantitative estimate of drug-likeness (QED) is 0.638. The molecule has 1 aromatic carbocycles. The average molecular weight is 407 g/mol. The molecule has 0 unspecified atom stereocenters. The molecule has 1 saturated heterocycles. The minimum Gasteiger partial charge on any atom is -0.497 e. The Balaban J connectivity index is 1.51. The molecule has 2 aromatic rings. The van der Waals surface area contributed by atoms with E-state index in [9.17, 15) is 4.79 Å². The Labute approximate surface area is 168 Å². The van der Waals surface area contributed by atoms with E-state index in [4.69, 9.17) is 14.2 Å². The van der Waals surface area contributed by atoms with E-state index in [1.807, 2.05) is 11.6 Å². The van der Waals surface area contributed by atoms with Gasteiger partial charge in [0.2, 0.25) is 0 Å². The van der Waals surface area contributed by atoms with Crippen molar-refractivity contribution in [1.82, 2.24) is 20.1 Å². The number of amides is 1. The van der Waals surface area contributed by atoms with Gasteiger partial charge in [-0.25, -0.2) is 0 Å². The van der Waals surface area contributed by atoms with E-state index in [1.165, 1.54) is 7.11 Å². The van der Waals surface area contributed by atoms with Gasteiger partial charge in [-0.2, -0.15) is 0 Å². The molecule has 0 aliphatic carbocycles. The summed E-state index contributed by atoms with van der Waals surface area (Å²) in [6, 6.07) is 5.11. The van der Waals surface area contributed by atoms with E-state index >= 15 is 0 Å². The summed E-state index contributed by atoms with van der Waals surface area (Å²) in [6.07, 6.45) is 3.14. The van der Waals surface area contributed by atoms with Crippen molar-refractivity contribution in [2.45, 2.75) is 30.5 Å². The zero-order valence-corrected chi connectivity index (χ0v) is 17.3. The zero-order valence-electron chi connectivity index (χ0n) is 16.4. The summed E-state index contributed by atoms with van der Waals surface area (Å²) < 4.78 is 18.1. The van der Waals surface area contributed by atoms with Crippen LogP contribution in [0.3, 0.4) is 0 Å². The lowest BCUT2D eigenvalue weighted by Crippen LogP contribution is -2.26. The first-order chi connectivity index (χ1) is 13.6. The van der Waals surface area contributed by atoms with Crippen LogP contribution in [0.2, 0.25) is 0 Å². The molecule has 1 aromatic heterocycles. The number of hydrogen-bond acceptors (Lipinski definition) is 7. The number of rotatable bonds is 9. The summed E-state index contributed by atoms with van der Waals surface area (Å²) in [4.78, 5) is 12.5. The minimum absolute atomic E-state index is 0.199. The SMILES string of the molecule is COc1ccc(C(=O)NCCc2nnc(SC[C@H]3CCCO3)n2C)c(OC)c1. The van der Waals surface area contributed by atoms with Crippen LogP contribution in [0.4, 0.5) is 0 Å². The van der Waals surface area contributed by atoms with E-state index in [0.29, 0.717) is 36.1 Å². The molecule has 1 atom stereocenters. The topological polar surface area (TPSA) is 87.5 Å². The molecule has 0 bridgehead atoms. The van der Waals surface area contributed by atoms with E-state index in [1.54, 1.807) is 37.1 Å². The van der Waals surface area contributed by atoms with Crippen LogP contribution in [0, 0.1) is 0 Å². The third-order valence-corrected chi connectivity index (χ3v) is 5.79. The summed E-state index contributed by atoms with van der Waals surface area (Å²) in [5, 5.41) is 12.3. The zero-order chi connectivity index (χ0) is 19.9. The van der Waals surface area contributed by atoms with Crippen LogP contribution in [-0.2, 0) is 18.2 Å². The summed E-state index contributed by atoms with van der Waals surface area (Å²) in [5.74, 6) is 2.63. The maximum Gasteiger partial charge on any atom is 0.255 e. The summed E-state index contributed by atoms with van der Waals surface area (Å²) in [5.41, 5.74) is 0.467. The van der Waals surface area contributed by atoms with Crippen molar-refractivity contribution in [3.63, 3.8) is 0 Å². The van der Waals surface area contributed by atoms with E-state index in [2.05, 4.69) is 15.5 Å². The fourth-order valence-corrected chi connectivity index (χ4v) is 4.00. The lowest BCUT2D eigenvalue weighted by molar-refractivity contribution is 0.0950. The highest BCUT2D eigenvalue weighted by atomic mass is 32.2. The van der Waals surface area contributed by atoms with Crippen LogP contribution in [0.5, 0.6) is 11.5 Å². The molecule has 28 heavy (non-hydrogen) atoms. The molecule has 2 heterocycles. The van der Waals surface area contributed by atoms with Crippen LogP contribution < -0.4 is 14.8 Å². The summed E-state index contributed by atoms with van der Waals surface area (Å²) >= 11 is 1.66. The number of carbonyl (C=O) groups excluding carboxylic acids is 1. The molecule has 8 nitrogen and oxygen atoms in total. The van der Waals surface area contributed by atoms with Gasteiger partial charge in [-0.1, -0.05) is 11.8 Å². The van der Waals surface area contributed by atoms with E-state index < -0.39 is 0 Å². The highest BCUT2D eigenvalue weighted by Gasteiger charge is 2.18. The fraction of sp³-hybridized carbons (Fsp3) is 0.526. The monoisotopic (exact) mass is 406 g/mol. The summed E-state index contributed by atoms with van der Waals surface area (Å²) in [7, 11) is 5.05. The van der Waals surface area contributed by atoms with Crippen LogP contribution in [-0.4, -0.2) is 59.9 Å². The van der Waals surface area contributed by atoms with Crippen LogP contribution in [0.25, 0.3) is 0 Å². The first kappa shape index (κ1) is 20.5. The molecule has 1 fully saturated rings. The van der Waals surface area contributed by atoms with Crippen molar-refractivity contribution in [2.24, 2.45) is 7.05 Å². The van der Waals surface area contributed by atoms with Gasteiger partial charge in [0.25, 0.3) is 5.91 Å². The van der Waals surface area contributed by atoms with E-state index in [0.717, 1.165) is 36.2 Å². The average Bonchev–Trinajstić information content (AvgIpc) is 3.36. The molecule has 152 valence electrons. The van der Waals surface area contributed by atoms with Gasteiger partial charge in [0, 0.05) is 38.4 Å². The van der Waals surface area contributed by atoms with Crippen molar-refractivity contribution < 1.29 is 19.0 Å². The Bertz CT molecular complexity index is 805. The first-order valence-corrected chi connectivity index (χ1v) is 10.2. The number of nitrogens with one attached hydrogen (secondary N) is 1. The fourth-order valence-electron chi connectivity index (χ4n) is 3.00. The third-order valence-electron chi connectivity index (χ3n) is 4.63. The normalized spacial score (nSPS) is 16.2. The predicted octanol–water partition coefficient (Wildman–Crippen LogP) is 2.08. The van der Waals surface area contributed by atoms with Gasteiger partial charge in [0.15, 0.2) is 5.16 Å². The minimum atomic E-state index is -0.199. The Kier molecular flexibility index (Phi) is 7.16. The maximum absolute atomic E-state index is 12.5. The number of methoxy groups -OCH3 is 2. The number of thioether (sulfide) groups is 1. The second-order valence-electron chi connectivity index (χ2n) is 6.48. The molecule has 9 heteroatoms. The van der Waals surface area contributed by atoms with Gasteiger partial charge in [-0.15, -0.1) is 10.2 Å². The Morgan fingerprint density at radius 3 is 2.93 bits per heavy atom. The molecule has 0 spiro atoms. The maximum atomic E-state index is 12.5. The number of hydrogen-bond donors (Lipinski definition) is 1. The predicted molar refractivity (Wildman–Crippen MR) is 106 cm³/mol. The lowest BCUT2D eigenvalue weighted by Gasteiger charge is -2.11. The van der Waals surface area contributed by atoms with Gasteiger partial charge >= 0.3 is 0 Å². The molecule has 0 radical (unpaired) electrons. The van der Waals surface area contributed by atoms with Crippen molar-refractivity contribution in [3.8, 4) is 11.5 Å². The molecular formula is C19H26N4O4S. The highest BCUT2D eigenvalue weighted by Crippen LogP contribution is 2.25. The number of ether oxygens (including phenoxy) is 3. The molecule has 1 N–H and O–H groups in total. The Morgan fingerprint density at radius 2 is 2.21 bits per heavy atom. The smallest absolute Gasteiger partial charge is 0.255 e.